The van der Waals surface area contributed by atoms with Gasteiger partial charge in [-0.1, -0.05) is 11.6 Å². The topological polar surface area (TPSA) is 71.3 Å². The molecule has 0 radical (unpaired) electrons. The lowest BCUT2D eigenvalue weighted by molar-refractivity contribution is -0.121. The van der Waals surface area contributed by atoms with E-state index in [1.165, 1.54) is 0 Å². The largest absolute Gasteiger partial charge is 0.467 e. The number of benzene rings is 1. The molecule has 2 aromatic rings. The van der Waals surface area contributed by atoms with Crippen LogP contribution in [0.25, 0.3) is 0 Å². The van der Waals surface area contributed by atoms with E-state index in [2.05, 4.69) is 10.6 Å². The Bertz CT molecular complexity index is 638. The molecule has 1 aromatic heterocycles. The molecule has 122 valence electrons. The van der Waals surface area contributed by atoms with Crippen molar-refractivity contribution >= 4 is 23.4 Å². The van der Waals surface area contributed by atoms with Gasteiger partial charge in [-0.25, -0.2) is 0 Å². The zero-order chi connectivity index (χ0) is 16.7. The van der Waals surface area contributed by atoms with Crippen LogP contribution in [-0.2, 0) is 4.79 Å². The van der Waals surface area contributed by atoms with Crippen molar-refractivity contribution in [2.45, 2.75) is 25.8 Å². The molecule has 0 aliphatic carbocycles. The monoisotopic (exact) mass is 334 g/mol. The van der Waals surface area contributed by atoms with Crippen LogP contribution in [-0.4, -0.2) is 18.4 Å². The van der Waals surface area contributed by atoms with Crippen molar-refractivity contribution < 1.29 is 14.0 Å². The summed E-state index contributed by atoms with van der Waals surface area (Å²) in [4.78, 5) is 23.7. The third-order valence-corrected chi connectivity index (χ3v) is 3.57. The second-order valence-electron chi connectivity index (χ2n) is 5.17. The van der Waals surface area contributed by atoms with Crippen LogP contribution in [0.5, 0.6) is 0 Å². The van der Waals surface area contributed by atoms with Gasteiger partial charge in [-0.15, -0.1) is 0 Å². The second-order valence-corrected chi connectivity index (χ2v) is 5.61. The van der Waals surface area contributed by atoms with Crippen molar-refractivity contribution in [1.82, 2.24) is 10.6 Å². The van der Waals surface area contributed by atoms with E-state index in [1.807, 2.05) is 13.0 Å². The molecular formula is C17H19ClN2O3. The number of carbonyl (C=O) groups is 2. The predicted octanol–water partition coefficient (Wildman–Crippen LogP) is 3.32. The molecule has 0 saturated carbocycles. The van der Waals surface area contributed by atoms with Gasteiger partial charge < -0.3 is 15.1 Å². The highest BCUT2D eigenvalue weighted by atomic mass is 35.5. The molecule has 2 N–H and O–H groups in total. The first kappa shape index (κ1) is 17.1. The summed E-state index contributed by atoms with van der Waals surface area (Å²) < 4.78 is 5.23. The van der Waals surface area contributed by atoms with Crippen LogP contribution in [0.4, 0.5) is 0 Å². The van der Waals surface area contributed by atoms with Gasteiger partial charge in [-0.05, 0) is 49.7 Å². The lowest BCUT2D eigenvalue weighted by Gasteiger charge is -2.11. The standard InChI is InChI=1S/C17H19ClN2O3/c1-12(15-4-3-11-23-15)20-16(21)5-2-10-19-17(22)13-6-8-14(18)9-7-13/h3-4,6-9,11-12H,2,5,10H2,1H3,(H,19,22)(H,20,21). The fourth-order valence-electron chi connectivity index (χ4n) is 2.08. The molecule has 1 unspecified atom stereocenters. The molecule has 0 bridgehead atoms. The fourth-order valence-corrected chi connectivity index (χ4v) is 2.20. The molecule has 1 heterocycles. The van der Waals surface area contributed by atoms with Crippen LogP contribution in [0, 0.1) is 0 Å². The van der Waals surface area contributed by atoms with E-state index in [0.29, 0.717) is 30.0 Å². The summed E-state index contributed by atoms with van der Waals surface area (Å²) in [7, 11) is 0. The summed E-state index contributed by atoms with van der Waals surface area (Å²) in [5.41, 5.74) is 0.547. The maximum atomic E-state index is 11.9. The lowest BCUT2D eigenvalue weighted by atomic mass is 10.2. The number of hydrogen-bond acceptors (Lipinski definition) is 3. The molecule has 6 heteroatoms. The van der Waals surface area contributed by atoms with E-state index in [1.54, 1.807) is 36.6 Å². The quantitative estimate of drug-likeness (QED) is 0.763. The highest BCUT2D eigenvalue weighted by Gasteiger charge is 2.11. The molecule has 2 amide bonds. The van der Waals surface area contributed by atoms with E-state index in [-0.39, 0.29) is 17.9 Å². The van der Waals surface area contributed by atoms with E-state index in [4.69, 9.17) is 16.0 Å². The van der Waals surface area contributed by atoms with Gasteiger partial charge in [-0.3, -0.25) is 9.59 Å². The average molecular weight is 335 g/mol. The number of nitrogens with one attached hydrogen (secondary N) is 2. The number of hydrogen-bond donors (Lipinski definition) is 2. The van der Waals surface area contributed by atoms with Gasteiger partial charge in [0.2, 0.25) is 5.91 Å². The van der Waals surface area contributed by atoms with Gasteiger partial charge in [-0.2, -0.15) is 0 Å². The van der Waals surface area contributed by atoms with E-state index < -0.39 is 0 Å². The molecule has 0 fully saturated rings. The summed E-state index contributed by atoms with van der Waals surface area (Å²) in [6.45, 7) is 2.29. The van der Waals surface area contributed by atoms with Crippen LogP contribution in [0.1, 0.15) is 41.9 Å². The van der Waals surface area contributed by atoms with Gasteiger partial charge >= 0.3 is 0 Å². The van der Waals surface area contributed by atoms with Crippen LogP contribution >= 0.6 is 11.6 Å². The molecule has 0 aliphatic rings. The predicted molar refractivity (Wildman–Crippen MR) is 88.3 cm³/mol. The molecule has 0 aliphatic heterocycles. The highest BCUT2D eigenvalue weighted by molar-refractivity contribution is 6.30. The van der Waals surface area contributed by atoms with Gasteiger partial charge in [0.1, 0.15) is 5.76 Å². The molecule has 1 aromatic carbocycles. The normalized spacial score (nSPS) is 11.7. The first-order valence-electron chi connectivity index (χ1n) is 7.43. The molecule has 5 nitrogen and oxygen atoms in total. The molecule has 1 atom stereocenters. The Morgan fingerprint density at radius 2 is 1.96 bits per heavy atom. The highest BCUT2D eigenvalue weighted by Crippen LogP contribution is 2.12. The Balaban J connectivity index is 1.65. The van der Waals surface area contributed by atoms with Crippen molar-refractivity contribution in [2.75, 3.05) is 6.54 Å². The number of halogens is 1. The minimum atomic E-state index is -0.175. The van der Waals surface area contributed by atoms with E-state index >= 15 is 0 Å². The SMILES string of the molecule is CC(NC(=O)CCCNC(=O)c1ccc(Cl)cc1)c1ccco1. The minimum absolute atomic E-state index is 0.0744. The Morgan fingerprint density at radius 1 is 1.22 bits per heavy atom. The number of amides is 2. The van der Waals surface area contributed by atoms with Crippen LogP contribution in [0.3, 0.4) is 0 Å². The van der Waals surface area contributed by atoms with E-state index in [0.717, 1.165) is 5.76 Å². The zero-order valence-corrected chi connectivity index (χ0v) is 13.6. The fraction of sp³-hybridized carbons (Fsp3) is 0.294. The van der Waals surface area contributed by atoms with Crippen molar-refractivity contribution in [3.63, 3.8) is 0 Å². The van der Waals surface area contributed by atoms with Crippen LogP contribution in [0.15, 0.2) is 47.1 Å². The van der Waals surface area contributed by atoms with Crippen molar-refractivity contribution in [2.24, 2.45) is 0 Å². The first-order valence-corrected chi connectivity index (χ1v) is 7.80. The molecule has 2 rings (SSSR count). The van der Waals surface area contributed by atoms with Crippen molar-refractivity contribution in [3.05, 3.63) is 59.0 Å². The summed E-state index contributed by atoms with van der Waals surface area (Å²) in [6, 6.07) is 10.1. The Hall–Kier alpha value is -2.27. The van der Waals surface area contributed by atoms with Gasteiger partial charge in [0.25, 0.3) is 5.91 Å². The molecular weight excluding hydrogens is 316 g/mol. The van der Waals surface area contributed by atoms with Gasteiger partial charge in [0, 0.05) is 23.6 Å². The zero-order valence-electron chi connectivity index (χ0n) is 12.8. The third kappa shape index (κ3) is 5.45. The summed E-state index contributed by atoms with van der Waals surface area (Å²) in [5, 5.41) is 6.21. The molecule has 0 saturated heterocycles. The van der Waals surface area contributed by atoms with Crippen molar-refractivity contribution in [1.29, 1.82) is 0 Å². The van der Waals surface area contributed by atoms with Crippen LogP contribution < -0.4 is 10.6 Å². The number of carbonyl (C=O) groups excluding carboxylic acids is 2. The van der Waals surface area contributed by atoms with Gasteiger partial charge in [0.05, 0.1) is 12.3 Å². The maximum absolute atomic E-state index is 11.9. The Kier molecular flexibility index (Phi) is 6.23. The van der Waals surface area contributed by atoms with E-state index in [9.17, 15) is 9.59 Å². The number of rotatable bonds is 7. The summed E-state index contributed by atoms with van der Waals surface area (Å²) in [6.07, 6.45) is 2.48. The summed E-state index contributed by atoms with van der Waals surface area (Å²) >= 11 is 5.77. The minimum Gasteiger partial charge on any atom is -0.467 e. The Morgan fingerprint density at radius 3 is 2.61 bits per heavy atom. The lowest BCUT2D eigenvalue weighted by Crippen LogP contribution is -2.28. The van der Waals surface area contributed by atoms with Gasteiger partial charge in [0.15, 0.2) is 0 Å². The smallest absolute Gasteiger partial charge is 0.251 e. The molecule has 0 spiro atoms. The maximum Gasteiger partial charge on any atom is 0.251 e. The van der Waals surface area contributed by atoms with Crippen molar-refractivity contribution in [3.8, 4) is 0 Å². The third-order valence-electron chi connectivity index (χ3n) is 3.32. The first-order chi connectivity index (χ1) is 11.1. The van der Waals surface area contributed by atoms with Crippen LogP contribution in [0.2, 0.25) is 5.02 Å². The Labute approximate surface area is 140 Å². The average Bonchev–Trinajstić information content (AvgIpc) is 3.06. The number of furan rings is 1. The summed E-state index contributed by atoms with van der Waals surface area (Å²) in [5.74, 6) is 0.468. The second kappa shape index (κ2) is 8.39. The molecule has 23 heavy (non-hydrogen) atoms.